The van der Waals surface area contributed by atoms with E-state index in [-0.39, 0.29) is 5.91 Å². The molecule has 1 amide bonds. The fraction of sp³-hybridized carbons (Fsp3) is 0.400. The van der Waals surface area contributed by atoms with Crippen LogP contribution in [0.15, 0.2) is 28.8 Å². The van der Waals surface area contributed by atoms with Gasteiger partial charge in [0.05, 0.1) is 5.75 Å². The second kappa shape index (κ2) is 6.30. The van der Waals surface area contributed by atoms with E-state index >= 15 is 0 Å². The molecule has 1 fully saturated rings. The predicted molar refractivity (Wildman–Crippen MR) is 81.1 cm³/mol. The molecule has 1 heterocycles. The monoisotopic (exact) mass is 303 g/mol. The molecular formula is C15H17N3O2S. The number of rotatable bonds is 6. The maximum atomic E-state index is 11.6. The Kier molecular flexibility index (Phi) is 4.24. The Morgan fingerprint density at radius 1 is 1.43 bits per heavy atom. The van der Waals surface area contributed by atoms with Crippen LogP contribution < -0.4 is 5.32 Å². The molecule has 1 aromatic carbocycles. The molecule has 1 aliphatic rings. The van der Waals surface area contributed by atoms with E-state index in [9.17, 15) is 4.79 Å². The van der Waals surface area contributed by atoms with Gasteiger partial charge in [0.15, 0.2) is 5.82 Å². The van der Waals surface area contributed by atoms with E-state index < -0.39 is 0 Å². The maximum Gasteiger partial charge on any atom is 0.251 e. The third-order valence-electron chi connectivity index (χ3n) is 3.33. The van der Waals surface area contributed by atoms with Gasteiger partial charge in [0.1, 0.15) is 0 Å². The summed E-state index contributed by atoms with van der Waals surface area (Å²) < 4.78 is 5.23. The highest BCUT2D eigenvalue weighted by Crippen LogP contribution is 2.39. The van der Waals surface area contributed by atoms with Crippen LogP contribution in [0.1, 0.15) is 46.4 Å². The number of carbonyl (C=O) groups is 1. The molecule has 110 valence electrons. The molecule has 2 aromatic rings. The van der Waals surface area contributed by atoms with Crippen LogP contribution in [0.2, 0.25) is 0 Å². The van der Waals surface area contributed by atoms with E-state index in [0.717, 1.165) is 28.8 Å². The zero-order valence-corrected chi connectivity index (χ0v) is 12.7. The van der Waals surface area contributed by atoms with Crippen LogP contribution in [0, 0.1) is 0 Å². The Morgan fingerprint density at radius 2 is 2.29 bits per heavy atom. The van der Waals surface area contributed by atoms with Gasteiger partial charge >= 0.3 is 0 Å². The normalized spacial score (nSPS) is 14.1. The van der Waals surface area contributed by atoms with E-state index in [1.54, 1.807) is 18.8 Å². The molecule has 6 heteroatoms. The number of aromatic nitrogens is 2. The van der Waals surface area contributed by atoms with Crippen molar-refractivity contribution in [1.29, 1.82) is 0 Å². The Hall–Kier alpha value is -1.82. The van der Waals surface area contributed by atoms with Gasteiger partial charge in [-0.3, -0.25) is 4.79 Å². The molecule has 0 radical (unpaired) electrons. The minimum absolute atomic E-state index is 0.0610. The van der Waals surface area contributed by atoms with Crippen LogP contribution in [-0.2, 0) is 11.5 Å². The Balaban J connectivity index is 1.53. The molecule has 0 atom stereocenters. The van der Waals surface area contributed by atoms with E-state index in [4.69, 9.17) is 4.52 Å². The first-order chi connectivity index (χ1) is 10.3. The molecule has 0 aliphatic heterocycles. The summed E-state index contributed by atoms with van der Waals surface area (Å²) in [5.41, 5.74) is 1.80. The van der Waals surface area contributed by atoms with Crippen molar-refractivity contribution >= 4 is 17.7 Å². The molecule has 1 aromatic heterocycles. The lowest BCUT2D eigenvalue weighted by atomic mass is 10.1. The number of carbonyl (C=O) groups excluding carboxylic acids is 1. The number of hydrogen-bond donors (Lipinski definition) is 1. The minimum atomic E-state index is -0.0610. The number of nitrogens with one attached hydrogen (secondary N) is 1. The SMILES string of the molecule is CNC(=O)c1cccc(CSCc2noc(C3CC3)n2)c1. The van der Waals surface area contributed by atoms with E-state index in [0.29, 0.717) is 11.5 Å². The molecule has 5 nitrogen and oxygen atoms in total. The lowest BCUT2D eigenvalue weighted by molar-refractivity contribution is 0.0963. The highest BCUT2D eigenvalue weighted by atomic mass is 32.2. The zero-order valence-electron chi connectivity index (χ0n) is 11.8. The highest BCUT2D eigenvalue weighted by molar-refractivity contribution is 7.97. The largest absolute Gasteiger partial charge is 0.355 e. The lowest BCUT2D eigenvalue weighted by Crippen LogP contribution is -2.17. The van der Waals surface area contributed by atoms with Gasteiger partial charge in [0.25, 0.3) is 5.91 Å². The molecule has 1 N–H and O–H groups in total. The van der Waals surface area contributed by atoms with Crippen molar-refractivity contribution in [2.45, 2.75) is 30.3 Å². The van der Waals surface area contributed by atoms with Gasteiger partial charge in [-0.2, -0.15) is 4.98 Å². The quantitative estimate of drug-likeness (QED) is 0.888. The Morgan fingerprint density at radius 3 is 3.05 bits per heavy atom. The van der Waals surface area contributed by atoms with E-state index in [1.807, 2.05) is 24.3 Å². The highest BCUT2D eigenvalue weighted by Gasteiger charge is 2.29. The van der Waals surface area contributed by atoms with Gasteiger partial charge in [-0.1, -0.05) is 17.3 Å². The summed E-state index contributed by atoms with van der Waals surface area (Å²) in [4.78, 5) is 16.0. The summed E-state index contributed by atoms with van der Waals surface area (Å²) in [6, 6.07) is 7.65. The van der Waals surface area contributed by atoms with Crippen molar-refractivity contribution in [3.63, 3.8) is 0 Å². The molecule has 0 spiro atoms. The first-order valence-corrected chi connectivity index (χ1v) is 8.13. The summed E-state index contributed by atoms with van der Waals surface area (Å²) in [5, 5.41) is 6.63. The number of hydrogen-bond acceptors (Lipinski definition) is 5. The van der Waals surface area contributed by atoms with E-state index in [2.05, 4.69) is 15.5 Å². The van der Waals surface area contributed by atoms with Gasteiger partial charge in [-0.15, -0.1) is 11.8 Å². The van der Waals surface area contributed by atoms with Gasteiger partial charge in [0.2, 0.25) is 5.89 Å². The molecule has 1 saturated carbocycles. The van der Waals surface area contributed by atoms with Crippen LogP contribution in [0.5, 0.6) is 0 Å². The maximum absolute atomic E-state index is 11.6. The predicted octanol–water partition coefficient (Wildman–Crippen LogP) is 2.74. The average molecular weight is 303 g/mol. The first kappa shape index (κ1) is 14.1. The standard InChI is InChI=1S/C15H17N3O2S/c1-16-14(19)12-4-2-3-10(7-12)8-21-9-13-17-15(20-18-13)11-5-6-11/h2-4,7,11H,5-6,8-9H2,1H3,(H,16,19). The van der Waals surface area contributed by atoms with Crippen molar-refractivity contribution in [2.75, 3.05) is 7.05 Å². The van der Waals surface area contributed by atoms with Crippen molar-refractivity contribution in [1.82, 2.24) is 15.5 Å². The van der Waals surface area contributed by atoms with Crippen LogP contribution in [0.3, 0.4) is 0 Å². The second-order valence-electron chi connectivity index (χ2n) is 5.10. The zero-order chi connectivity index (χ0) is 14.7. The summed E-state index contributed by atoms with van der Waals surface area (Å²) in [6.07, 6.45) is 2.34. The second-order valence-corrected chi connectivity index (χ2v) is 6.08. The molecular weight excluding hydrogens is 286 g/mol. The number of thioether (sulfide) groups is 1. The molecule has 21 heavy (non-hydrogen) atoms. The fourth-order valence-electron chi connectivity index (χ4n) is 2.03. The Labute approximate surface area is 127 Å². The number of nitrogens with zero attached hydrogens (tertiary/aromatic N) is 2. The molecule has 3 rings (SSSR count). The first-order valence-electron chi connectivity index (χ1n) is 6.97. The van der Waals surface area contributed by atoms with E-state index in [1.165, 1.54) is 12.8 Å². The topological polar surface area (TPSA) is 68.0 Å². The molecule has 0 bridgehead atoms. The number of amides is 1. The van der Waals surface area contributed by atoms with Gasteiger partial charge in [0, 0.05) is 24.3 Å². The summed E-state index contributed by atoms with van der Waals surface area (Å²) in [6.45, 7) is 0. The minimum Gasteiger partial charge on any atom is -0.355 e. The van der Waals surface area contributed by atoms with Gasteiger partial charge in [-0.25, -0.2) is 0 Å². The molecule has 1 aliphatic carbocycles. The van der Waals surface area contributed by atoms with Crippen molar-refractivity contribution in [2.24, 2.45) is 0 Å². The smallest absolute Gasteiger partial charge is 0.251 e. The van der Waals surface area contributed by atoms with Gasteiger partial charge < -0.3 is 9.84 Å². The van der Waals surface area contributed by atoms with Crippen molar-refractivity contribution < 1.29 is 9.32 Å². The van der Waals surface area contributed by atoms with Crippen LogP contribution in [0.25, 0.3) is 0 Å². The van der Waals surface area contributed by atoms with Crippen LogP contribution >= 0.6 is 11.8 Å². The molecule has 0 saturated heterocycles. The third kappa shape index (κ3) is 3.64. The summed E-state index contributed by atoms with van der Waals surface area (Å²) in [7, 11) is 1.64. The third-order valence-corrected chi connectivity index (χ3v) is 4.33. The van der Waals surface area contributed by atoms with Crippen LogP contribution in [-0.4, -0.2) is 23.1 Å². The van der Waals surface area contributed by atoms with Gasteiger partial charge in [-0.05, 0) is 30.5 Å². The fourth-order valence-corrected chi connectivity index (χ4v) is 2.85. The van der Waals surface area contributed by atoms with Crippen molar-refractivity contribution in [3.05, 3.63) is 47.1 Å². The average Bonchev–Trinajstić information content (AvgIpc) is 3.26. The molecule has 0 unspecified atom stereocenters. The summed E-state index contributed by atoms with van der Waals surface area (Å²) >= 11 is 1.72. The Bertz CT molecular complexity index is 637. The van der Waals surface area contributed by atoms with Crippen LogP contribution in [0.4, 0.5) is 0 Å². The summed E-state index contributed by atoms with van der Waals surface area (Å²) in [5.74, 6) is 3.52. The van der Waals surface area contributed by atoms with Crippen molar-refractivity contribution in [3.8, 4) is 0 Å². The number of benzene rings is 1. The lowest BCUT2D eigenvalue weighted by Gasteiger charge is -2.03.